The number of aliphatic hydroxyl groups is 1. The van der Waals surface area contributed by atoms with Gasteiger partial charge in [-0.1, -0.05) is 23.7 Å². The van der Waals surface area contributed by atoms with Gasteiger partial charge in [0.05, 0.1) is 12.8 Å². The second kappa shape index (κ2) is 5.71. The number of aliphatic hydroxyl groups excluding tert-OH is 1. The van der Waals surface area contributed by atoms with Crippen molar-refractivity contribution in [3.05, 3.63) is 59.0 Å². The fourth-order valence-corrected chi connectivity index (χ4v) is 1.61. The molecule has 2 rings (SSSR count). The van der Waals surface area contributed by atoms with Gasteiger partial charge in [0.1, 0.15) is 5.76 Å². The number of nitrogens with one attached hydrogen (secondary N) is 1. The van der Waals surface area contributed by atoms with Crippen LogP contribution < -0.4 is 5.32 Å². The average Bonchev–Trinajstić information content (AvgIpc) is 2.89. The molecule has 1 aromatic heterocycles. The van der Waals surface area contributed by atoms with Crippen LogP contribution in [0.3, 0.4) is 0 Å². The second-order valence-corrected chi connectivity index (χ2v) is 4.19. The molecule has 4 nitrogen and oxygen atoms in total. The van der Waals surface area contributed by atoms with Crippen molar-refractivity contribution in [1.82, 2.24) is 5.32 Å². The van der Waals surface area contributed by atoms with E-state index < -0.39 is 12.0 Å². The number of rotatable bonds is 4. The highest BCUT2D eigenvalue weighted by molar-refractivity contribution is 6.30. The Hall–Kier alpha value is -1.78. The highest BCUT2D eigenvalue weighted by Gasteiger charge is 2.16. The topological polar surface area (TPSA) is 62.5 Å². The maximum absolute atomic E-state index is 11.7. The Morgan fingerprint density at radius 2 is 2.06 bits per heavy atom. The first kappa shape index (κ1) is 12.7. The normalized spacial score (nSPS) is 12.1. The lowest BCUT2D eigenvalue weighted by molar-refractivity contribution is -0.129. The van der Waals surface area contributed by atoms with E-state index in [-0.39, 0.29) is 6.54 Å². The molecule has 18 heavy (non-hydrogen) atoms. The van der Waals surface area contributed by atoms with Crippen molar-refractivity contribution in [2.75, 3.05) is 0 Å². The summed E-state index contributed by atoms with van der Waals surface area (Å²) in [4.78, 5) is 11.7. The number of hydrogen-bond donors (Lipinski definition) is 2. The Labute approximate surface area is 109 Å². The minimum absolute atomic E-state index is 0.247. The van der Waals surface area contributed by atoms with Gasteiger partial charge in [-0.3, -0.25) is 4.79 Å². The number of benzene rings is 1. The monoisotopic (exact) mass is 265 g/mol. The SMILES string of the molecule is O=C(NCc1ccco1)C(O)c1ccc(Cl)cc1. The van der Waals surface area contributed by atoms with E-state index in [9.17, 15) is 9.90 Å². The highest BCUT2D eigenvalue weighted by Crippen LogP contribution is 2.16. The van der Waals surface area contributed by atoms with Crippen LogP contribution in [0.15, 0.2) is 47.1 Å². The van der Waals surface area contributed by atoms with Crippen molar-refractivity contribution in [3.8, 4) is 0 Å². The molecular formula is C13H12ClNO3. The molecule has 94 valence electrons. The Morgan fingerprint density at radius 3 is 2.67 bits per heavy atom. The van der Waals surface area contributed by atoms with Crippen molar-refractivity contribution in [1.29, 1.82) is 0 Å². The molecule has 0 saturated carbocycles. The highest BCUT2D eigenvalue weighted by atomic mass is 35.5. The van der Waals surface area contributed by atoms with Crippen LogP contribution in [0, 0.1) is 0 Å². The van der Waals surface area contributed by atoms with Gasteiger partial charge in [-0.05, 0) is 29.8 Å². The van der Waals surface area contributed by atoms with Crippen LogP contribution in [0.5, 0.6) is 0 Å². The van der Waals surface area contributed by atoms with Crippen molar-refractivity contribution >= 4 is 17.5 Å². The van der Waals surface area contributed by atoms with Gasteiger partial charge in [0.25, 0.3) is 5.91 Å². The third kappa shape index (κ3) is 3.12. The van der Waals surface area contributed by atoms with Gasteiger partial charge in [-0.15, -0.1) is 0 Å². The summed E-state index contributed by atoms with van der Waals surface area (Å²) in [7, 11) is 0. The first-order valence-electron chi connectivity index (χ1n) is 5.40. The van der Waals surface area contributed by atoms with E-state index in [1.807, 2.05) is 0 Å². The molecule has 0 saturated heterocycles. The maximum Gasteiger partial charge on any atom is 0.253 e. The molecule has 0 bridgehead atoms. The summed E-state index contributed by atoms with van der Waals surface area (Å²) in [6.07, 6.45) is 0.314. The molecule has 0 fully saturated rings. The van der Waals surface area contributed by atoms with Crippen molar-refractivity contribution in [2.45, 2.75) is 12.6 Å². The molecule has 1 aromatic carbocycles. The summed E-state index contributed by atoms with van der Waals surface area (Å²) in [6.45, 7) is 0.247. The van der Waals surface area contributed by atoms with E-state index in [2.05, 4.69) is 5.32 Å². The van der Waals surface area contributed by atoms with Gasteiger partial charge in [-0.2, -0.15) is 0 Å². The molecule has 0 radical (unpaired) electrons. The van der Waals surface area contributed by atoms with Crippen LogP contribution in [0.4, 0.5) is 0 Å². The van der Waals surface area contributed by atoms with Gasteiger partial charge >= 0.3 is 0 Å². The average molecular weight is 266 g/mol. The molecule has 2 aromatic rings. The lowest BCUT2D eigenvalue weighted by atomic mass is 10.1. The summed E-state index contributed by atoms with van der Waals surface area (Å²) < 4.78 is 5.07. The minimum atomic E-state index is -1.21. The standard InChI is InChI=1S/C13H12ClNO3/c14-10-5-3-9(4-6-10)12(16)13(17)15-8-11-2-1-7-18-11/h1-7,12,16H,8H2,(H,15,17). The lowest BCUT2D eigenvalue weighted by Crippen LogP contribution is -2.28. The maximum atomic E-state index is 11.7. The smallest absolute Gasteiger partial charge is 0.253 e. The predicted molar refractivity (Wildman–Crippen MR) is 67.0 cm³/mol. The molecule has 0 spiro atoms. The number of amides is 1. The molecule has 1 amide bonds. The molecular weight excluding hydrogens is 254 g/mol. The predicted octanol–water partition coefficient (Wildman–Crippen LogP) is 2.28. The summed E-state index contributed by atoms with van der Waals surface area (Å²) >= 11 is 5.73. The van der Waals surface area contributed by atoms with Crippen LogP contribution in [0.25, 0.3) is 0 Å². The molecule has 1 heterocycles. The zero-order chi connectivity index (χ0) is 13.0. The summed E-state index contributed by atoms with van der Waals surface area (Å²) in [6, 6.07) is 9.95. The quantitative estimate of drug-likeness (QED) is 0.892. The van der Waals surface area contributed by atoms with E-state index in [4.69, 9.17) is 16.0 Å². The number of carbonyl (C=O) groups excluding carboxylic acids is 1. The molecule has 0 aliphatic carbocycles. The van der Waals surface area contributed by atoms with E-state index in [0.717, 1.165) is 0 Å². The van der Waals surface area contributed by atoms with Crippen molar-refractivity contribution < 1.29 is 14.3 Å². The minimum Gasteiger partial charge on any atom is -0.467 e. The van der Waals surface area contributed by atoms with Gasteiger partial charge in [-0.25, -0.2) is 0 Å². The summed E-state index contributed by atoms with van der Waals surface area (Å²) in [5.74, 6) is 0.153. The Bertz CT molecular complexity index is 508. The number of carbonyl (C=O) groups is 1. The number of furan rings is 1. The van der Waals surface area contributed by atoms with E-state index in [0.29, 0.717) is 16.3 Å². The first-order valence-corrected chi connectivity index (χ1v) is 5.78. The van der Waals surface area contributed by atoms with Gasteiger partial charge in [0, 0.05) is 5.02 Å². The fraction of sp³-hybridized carbons (Fsp3) is 0.154. The van der Waals surface area contributed by atoms with E-state index in [1.165, 1.54) is 6.26 Å². The van der Waals surface area contributed by atoms with Crippen molar-refractivity contribution in [2.24, 2.45) is 0 Å². The Morgan fingerprint density at radius 1 is 1.33 bits per heavy atom. The zero-order valence-corrected chi connectivity index (χ0v) is 10.2. The third-order valence-electron chi connectivity index (χ3n) is 2.45. The van der Waals surface area contributed by atoms with E-state index in [1.54, 1.807) is 36.4 Å². The van der Waals surface area contributed by atoms with Gasteiger partial charge < -0.3 is 14.8 Å². The van der Waals surface area contributed by atoms with E-state index >= 15 is 0 Å². The second-order valence-electron chi connectivity index (χ2n) is 3.75. The van der Waals surface area contributed by atoms with Gasteiger partial charge in [0.2, 0.25) is 0 Å². The lowest BCUT2D eigenvalue weighted by Gasteiger charge is -2.10. The Balaban J connectivity index is 1.94. The Kier molecular flexibility index (Phi) is 4.02. The number of hydrogen-bond acceptors (Lipinski definition) is 3. The molecule has 5 heteroatoms. The first-order chi connectivity index (χ1) is 8.66. The summed E-state index contributed by atoms with van der Waals surface area (Å²) in [5, 5.41) is 13.0. The summed E-state index contributed by atoms with van der Waals surface area (Å²) in [5.41, 5.74) is 0.497. The van der Waals surface area contributed by atoms with Crippen LogP contribution >= 0.6 is 11.6 Å². The molecule has 1 atom stereocenters. The largest absolute Gasteiger partial charge is 0.467 e. The van der Waals surface area contributed by atoms with Crippen LogP contribution in [-0.4, -0.2) is 11.0 Å². The fourth-order valence-electron chi connectivity index (χ4n) is 1.48. The molecule has 2 N–H and O–H groups in total. The van der Waals surface area contributed by atoms with Crippen LogP contribution in [0.2, 0.25) is 5.02 Å². The molecule has 0 aliphatic rings. The van der Waals surface area contributed by atoms with Crippen LogP contribution in [-0.2, 0) is 11.3 Å². The molecule has 0 aliphatic heterocycles. The van der Waals surface area contributed by atoms with Crippen molar-refractivity contribution in [3.63, 3.8) is 0 Å². The third-order valence-corrected chi connectivity index (χ3v) is 2.70. The van der Waals surface area contributed by atoms with Gasteiger partial charge in [0.15, 0.2) is 6.10 Å². The number of halogens is 1. The molecule has 1 unspecified atom stereocenters. The zero-order valence-electron chi connectivity index (χ0n) is 9.47. The van der Waals surface area contributed by atoms with Crippen LogP contribution in [0.1, 0.15) is 17.4 Å².